The molecule has 0 unspecified atom stereocenters. The lowest BCUT2D eigenvalue weighted by Crippen LogP contribution is -2.33. The van der Waals surface area contributed by atoms with Crippen LogP contribution in [0.4, 0.5) is 0 Å². The molecule has 0 aromatic heterocycles. The average Bonchev–Trinajstić information content (AvgIpc) is 2.66. The van der Waals surface area contributed by atoms with Gasteiger partial charge in [-0.25, -0.2) is 0 Å². The predicted molar refractivity (Wildman–Crippen MR) is 138 cm³/mol. The summed E-state index contributed by atoms with van der Waals surface area (Å²) in [5.74, 6) is 0.486. The summed E-state index contributed by atoms with van der Waals surface area (Å²) in [6.45, 7) is 8.11. The maximum atomic E-state index is 10.4. The van der Waals surface area contributed by atoms with Crippen LogP contribution in [0, 0.1) is 0 Å². The number of aliphatic imine (C=N–C) groups is 2. The molecular weight excluding hydrogens is 412 g/mol. The van der Waals surface area contributed by atoms with Crippen LogP contribution in [0.5, 0.6) is 11.5 Å². The van der Waals surface area contributed by atoms with Gasteiger partial charge in [-0.15, -0.1) is 0 Å². The van der Waals surface area contributed by atoms with Gasteiger partial charge in [-0.3, -0.25) is 9.98 Å². The van der Waals surface area contributed by atoms with Crippen molar-refractivity contribution in [3.05, 3.63) is 58.7 Å². The molecule has 6 nitrogen and oxygen atoms in total. The molecule has 0 fully saturated rings. The standard InChI is InChI=1S/C27H40N4O2/c1-19(29-21(3)25-15-23(11-13-27(25)33)18-31(7,8)9)16-28-20(2)24-14-22(10-12-26(24)32)17-30(4,5)6/h10-15,19H,16-18H2,1-9H3/p+2/t19-/m1/s1. The van der Waals surface area contributed by atoms with Gasteiger partial charge >= 0.3 is 0 Å². The van der Waals surface area contributed by atoms with Crippen molar-refractivity contribution in [2.75, 3.05) is 48.8 Å². The highest BCUT2D eigenvalue weighted by atomic mass is 16.3. The molecule has 0 aliphatic carbocycles. The van der Waals surface area contributed by atoms with Crippen LogP contribution >= 0.6 is 0 Å². The van der Waals surface area contributed by atoms with Gasteiger partial charge in [0.15, 0.2) is 0 Å². The Bertz CT molecular complexity index is 1030. The topological polar surface area (TPSA) is 65.2 Å². The van der Waals surface area contributed by atoms with Crippen molar-refractivity contribution >= 4 is 11.4 Å². The van der Waals surface area contributed by atoms with E-state index in [1.165, 1.54) is 0 Å². The summed E-state index contributed by atoms with van der Waals surface area (Å²) < 4.78 is 1.63. The molecule has 2 aromatic carbocycles. The van der Waals surface area contributed by atoms with E-state index in [1.54, 1.807) is 12.1 Å². The highest BCUT2D eigenvalue weighted by Gasteiger charge is 2.14. The lowest BCUT2D eigenvalue weighted by atomic mass is 10.0. The maximum Gasteiger partial charge on any atom is 0.124 e. The van der Waals surface area contributed by atoms with Crippen molar-refractivity contribution in [3.8, 4) is 11.5 Å². The summed E-state index contributed by atoms with van der Waals surface area (Å²) in [6, 6.07) is 11.4. The first-order valence-electron chi connectivity index (χ1n) is 11.5. The van der Waals surface area contributed by atoms with Gasteiger partial charge in [0.05, 0.1) is 54.9 Å². The molecule has 0 bridgehead atoms. The number of phenolic OH excluding ortho intramolecular Hbond substituents is 2. The van der Waals surface area contributed by atoms with Crippen molar-refractivity contribution in [1.82, 2.24) is 0 Å². The van der Waals surface area contributed by atoms with E-state index >= 15 is 0 Å². The monoisotopic (exact) mass is 454 g/mol. The molecule has 0 spiro atoms. The Morgan fingerprint density at radius 3 is 1.61 bits per heavy atom. The molecule has 0 aliphatic rings. The highest BCUT2D eigenvalue weighted by Crippen LogP contribution is 2.23. The smallest absolute Gasteiger partial charge is 0.124 e. The van der Waals surface area contributed by atoms with Crippen LogP contribution < -0.4 is 0 Å². The molecule has 0 amide bonds. The van der Waals surface area contributed by atoms with E-state index in [9.17, 15) is 10.2 Å². The van der Waals surface area contributed by atoms with Gasteiger partial charge in [0.1, 0.15) is 24.6 Å². The van der Waals surface area contributed by atoms with Crippen LogP contribution in [0.25, 0.3) is 0 Å². The Morgan fingerprint density at radius 2 is 1.18 bits per heavy atom. The number of phenols is 2. The number of benzene rings is 2. The average molecular weight is 455 g/mol. The molecular formula is C27H42N4O2+2. The molecule has 2 rings (SSSR count). The summed E-state index contributed by atoms with van der Waals surface area (Å²) in [4.78, 5) is 9.49. The minimum Gasteiger partial charge on any atom is -0.507 e. The van der Waals surface area contributed by atoms with Gasteiger partial charge in [0, 0.05) is 33.7 Å². The van der Waals surface area contributed by atoms with Gasteiger partial charge in [-0.2, -0.15) is 0 Å². The third-order valence-electron chi connectivity index (χ3n) is 5.22. The molecule has 0 saturated heterocycles. The number of hydrogen-bond donors (Lipinski definition) is 2. The Balaban J connectivity index is 2.18. The Kier molecular flexibility index (Phi) is 8.44. The fourth-order valence-electron chi connectivity index (χ4n) is 3.83. The van der Waals surface area contributed by atoms with Crippen LogP contribution in [-0.2, 0) is 13.1 Å². The Morgan fingerprint density at radius 1 is 0.758 bits per heavy atom. The van der Waals surface area contributed by atoms with E-state index in [-0.39, 0.29) is 17.5 Å². The first kappa shape index (κ1) is 26.6. The van der Waals surface area contributed by atoms with Crippen LogP contribution in [0.1, 0.15) is 43.0 Å². The lowest BCUT2D eigenvalue weighted by Gasteiger charge is -2.24. The van der Waals surface area contributed by atoms with Gasteiger partial charge in [-0.1, -0.05) is 0 Å². The van der Waals surface area contributed by atoms with E-state index in [1.807, 2.05) is 45.0 Å². The zero-order valence-corrected chi connectivity index (χ0v) is 21.8. The Labute approximate surface area is 199 Å². The number of quaternary nitrogens is 2. The van der Waals surface area contributed by atoms with Gasteiger partial charge in [-0.05, 0) is 57.2 Å². The predicted octanol–water partition coefficient (Wildman–Crippen LogP) is 4.22. The number of rotatable bonds is 9. The maximum absolute atomic E-state index is 10.4. The fraction of sp³-hybridized carbons (Fsp3) is 0.481. The molecule has 1 atom stereocenters. The van der Waals surface area contributed by atoms with Crippen LogP contribution in [0.2, 0.25) is 0 Å². The Hall–Kier alpha value is -2.70. The molecule has 0 heterocycles. The van der Waals surface area contributed by atoms with Gasteiger partial charge in [0.25, 0.3) is 0 Å². The van der Waals surface area contributed by atoms with E-state index in [4.69, 9.17) is 9.98 Å². The van der Waals surface area contributed by atoms with Crippen molar-refractivity contribution in [3.63, 3.8) is 0 Å². The quantitative estimate of drug-likeness (QED) is 0.440. The summed E-state index contributed by atoms with van der Waals surface area (Å²) in [5.41, 5.74) is 5.44. The number of nitrogens with zero attached hydrogens (tertiary/aromatic N) is 4. The molecule has 33 heavy (non-hydrogen) atoms. The number of hydrogen-bond acceptors (Lipinski definition) is 4. The van der Waals surface area contributed by atoms with Crippen LogP contribution in [-0.4, -0.2) is 85.5 Å². The van der Waals surface area contributed by atoms with Crippen molar-refractivity contribution in [2.24, 2.45) is 9.98 Å². The van der Waals surface area contributed by atoms with Gasteiger partial charge < -0.3 is 19.2 Å². The normalized spacial score (nSPS) is 14.5. The summed E-state index contributed by atoms with van der Waals surface area (Å²) >= 11 is 0. The fourth-order valence-corrected chi connectivity index (χ4v) is 3.83. The first-order chi connectivity index (χ1) is 15.1. The first-order valence-corrected chi connectivity index (χ1v) is 11.5. The summed E-state index contributed by atoms with van der Waals surface area (Å²) in [7, 11) is 12.9. The zero-order chi connectivity index (χ0) is 25.0. The SMILES string of the molecule is CC(=NC[C@@H](C)N=C(C)c1cc(C[N+](C)(C)C)ccc1O)c1cc(C[N+](C)(C)C)ccc1O. The second-order valence-electron chi connectivity index (χ2n) is 11.1. The lowest BCUT2D eigenvalue weighted by molar-refractivity contribution is -0.884. The van der Waals surface area contributed by atoms with E-state index < -0.39 is 0 Å². The largest absolute Gasteiger partial charge is 0.507 e. The third kappa shape index (κ3) is 8.63. The van der Waals surface area contributed by atoms with Crippen LogP contribution in [0.3, 0.4) is 0 Å². The molecule has 2 N–H and O–H groups in total. The molecule has 0 radical (unpaired) electrons. The summed E-state index contributed by atoms with van der Waals surface area (Å²) in [5, 5.41) is 20.7. The van der Waals surface area contributed by atoms with Crippen LogP contribution in [0.15, 0.2) is 46.4 Å². The number of aromatic hydroxyl groups is 2. The van der Waals surface area contributed by atoms with Gasteiger partial charge in [0.2, 0.25) is 0 Å². The second-order valence-corrected chi connectivity index (χ2v) is 11.1. The highest BCUT2D eigenvalue weighted by molar-refractivity contribution is 6.02. The summed E-state index contributed by atoms with van der Waals surface area (Å²) in [6.07, 6.45) is 0. The second kappa shape index (κ2) is 10.5. The van der Waals surface area contributed by atoms with Crippen molar-refractivity contribution < 1.29 is 19.2 Å². The molecule has 2 aromatic rings. The third-order valence-corrected chi connectivity index (χ3v) is 5.22. The minimum absolute atomic E-state index is 0.0574. The van der Waals surface area contributed by atoms with E-state index in [0.717, 1.165) is 55.7 Å². The van der Waals surface area contributed by atoms with Crippen molar-refractivity contribution in [2.45, 2.75) is 39.9 Å². The molecule has 0 saturated carbocycles. The minimum atomic E-state index is -0.0574. The zero-order valence-electron chi connectivity index (χ0n) is 21.8. The molecule has 6 heteroatoms. The molecule has 0 aliphatic heterocycles. The van der Waals surface area contributed by atoms with E-state index in [2.05, 4.69) is 42.3 Å². The van der Waals surface area contributed by atoms with Crippen molar-refractivity contribution in [1.29, 1.82) is 0 Å². The molecule has 180 valence electrons. The van der Waals surface area contributed by atoms with E-state index in [0.29, 0.717) is 6.54 Å².